The van der Waals surface area contributed by atoms with E-state index in [0.29, 0.717) is 19.0 Å². The molecule has 1 N–H and O–H groups in total. The highest BCUT2D eigenvalue weighted by atomic mass is 19.1. The SMILES string of the molecule is C=CC(O)[C@@H]1CN(C(=O)c2cccc3ccccc23)CC1CN1CCC(c2ccc(F)cc2)CC1. The highest BCUT2D eigenvalue weighted by Crippen LogP contribution is 2.33. The number of benzene rings is 3. The number of carbonyl (C=O) groups excluding carboxylic acids is 1. The molecular formula is C30H33FN2O2. The lowest BCUT2D eigenvalue weighted by Gasteiger charge is -2.35. The molecule has 4 nitrogen and oxygen atoms in total. The van der Waals surface area contributed by atoms with Gasteiger partial charge in [0.05, 0.1) is 6.10 Å². The van der Waals surface area contributed by atoms with Gasteiger partial charge in [-0.2, -0.15) is 0 Å². The van der Waals surface area contributed by atoms with Crippen molar-refractivity contribution >= 4 is 16.7 Å². The summed E-state index contributed by atoms with van der Waals surface area (Å²) in [7, 11) is 0. The summed E-state index contributed by atoms with van der Waals surface area (Å²) in [5.74, 6) is 0.447. The van der Waals surface area contributed by atoms with Crippen molar-refractivity contribution in [2.75, 3.05) is 32.7 Å². The first-order valence-electron chi connectivity index (χ1n) is 12.6. The van der Waals surface area contributed by atoms with Gasteiger partial charge in [-0.15, -0.1) is 6.58 Å². The van der Waals surface area contributed by atoms with E-state index < -0.39 is 6.10 Å². The molecule has 2 aliphatic heterocycles. The van der Waals surface area contributed by atoms with Crippen molar-refractivity contribution in [1.29, 1.82) is 0 Å². The Morgan fingerprint density at radius 2 is 1.74 bits per heavy atom. The smallest absolute Gasteiger partial charge is 0.254 e. The van der Waals surface area contributed by atoms with Crippen LogP contribution < -0.4 is 0 Å². The van der Waals surface area contributed by atoms with Gasteiger partial charge in [0, 0.05) is 31.1 Å². The second-order valence-electron chi connectivity index (χ2n) is 10.0. The average Bonchev–Trinajstić information content (AvgIpc) is 3.32. The number of hydrogen-bond acceptors (Lipinski definition) is 3. The third kappa shape index (κ3) is 5.02. The first-order chi connectivity index (χ1) is 17.0. The van der Waals surface area contributed by atoms with Gasteiger partial charge in [0.1, 0.15) is 5.82 Å². The quantitative estimate of drug-likeness (QED) is 0.508. The molecule has 2 unspecified atom stereocenters. The molecular weight excluding hydrogens is 439 g/mol. The number of aliphatic hydroxyl groups excluding tert-OH is 1. The topological polar surface area (TPSA) is 43.8 Å². The first-order valence-corrected chi connectivity index (χ1v) is 12.6. The van der Waals surface area contributed by atoms with Crippen molar-refractivity contribution in [2.24, 2.45) is 11.8 Å². The Morgan fingerprint density at radius 1 is 1.03 bits per heavy atom. The van der Waals surface area contributed by atoms with Gasteiger partial charge in [-0.25, -0.2) is 4.39 Å². The van der Waals surface area contributed by atoms with Crippen molar-refractivity contribution in [3.8, 4) is 0 Å². The second kappa shape index (κ2) is 10.3. The maximum Gasteiger partial charge on any atom is 0.254 e. The maximum absolute atomic E-state index is 13.6. The summed E-state index contributed by atoms with van der Waals surface area (Å²) in [6.45, 7) is 7.76. The highest BCUT2D eigenvalue weighted by molar-refractivity contribution is 6.07. The van der Waals surface area contributed by atoms with Crippen LogP contribution in [0, 0.1) is 17.7 Å². The molecule has 0 bridgehead atoms. The molecule has 3 atom stereocenters. The van der Waals surface area contributed by atoms with E-state index in [0.717, 1.165) is 48.8 Å². The van der Waals surface area contributed by atoms with Crippen molar-refractivity contribution in [3.05, 3.63) is 96.3 Å². The summed E-state index contributed by atoms with van der Waals surface area (Å²) in [4.78, 5) is 17.9. The van der Waals surface area contributed by atoms with Gasteiger partial charge < -0.3 is 14.9 Å². The van der Waals surface area contributed by atoms with Crippen LogP contribution in [0.5, 0.6) is 0 Å². The van der Waals surface area contributed by atoms with Crippen LogP contribution in [0.1, 0.15) is 34.7 Å². The Morgan fingerprint density at radius 3 is 2.49 bits per heavy atom. The average molecular weight is 473 g/mol. The molecule has 0 aromatic heterocycles. The number of nitrogens with zero attached hydrogens (tertiary/aromatic N) is 2. The van der Waals surface area contributed by atoms with E-state index in [1.807, 2.05) is 59.5 Å². The van der Waals surface area contributed by atoms with Gasteiger partial charge in [-0.1, -0.05) is 54.6 Å². The lowest BCUT2D eigenvalue weighted by Crippen LogP contribution is -2.40. The van der Waals surface area contributed by atoms with Crippen molar-refractivity contribution in [1.82, 2.24) is 9.80 Å². The number of hydrogen-bond donors (Lipinski definition) is 1. The standard InChI is InChI=1S/C30H33FN2O2/c1-2-29(34)28-20-33(30(35)27-9-5-7-23-6-3-4-8-26(23)27)19-24(28)18-32-16-14-22(15-17-32)21-10-12-25(31)13-11-21/h2-13,22,24,28-29,34H,1,14-20H2/t24?,28-,29?/m1/s1. The van der Waals surface area contributed by atoms with Crippen LogP contribution in [0.4, 0.5) is 4.39 Å². The molecule has 0 aliphatic carbocycles. The molecule has 35 heavy (non-hydrogen) atoms. The number of aliphatic hydroxyl groups is 1. The van der Waals surface area contributed by atoms with E-state index in [1.54, 1.807) is 18.2 Å². The molecule has 0 saturated carbocycles. The largest absolute Gasteiger partial charge is 0.389 e. The van der Waals surface area contributed by atoms with E-state index in [2.05, 4.69) is 11.5 Å². The van der Waals surface area contributed by atoms with E-state index in [9.17, 15) is 14.3 Å². The van der Waals surface area contributed by atoms with Crippen LogP contribution in [0.25, 0.3) is 10.8 Å². The fourth-order valence-corrected chi connectivity index (χ4v) is 5.91. The van der Waals surface area contributed by atoms with Crippen LogP contribution in [0.3, 0.4) is 0 Å². The number of carbonyl (C=O) groups is 1. The number of rotatable bonds is 6. The van der Waals surface area contributed by atoms with Gasteiger partial charge >= 0.3 is 0 Å². The minimum Gasteiger partial charge on any atom is -0.389 e. The van der Waals surface area contributed by atoms with Crippen LogP contribution in [0.2, 0.25) is 0 Å². The Hall–Kier alpha value is -3.02. The molecule has 2 saturated heterocycles. The molecule has 0 spiro atoms. The van der Waals surface area contributed by atoms with Gasteiger partial charge in [0.2, 0.25) is 0 Å². The summed E-state index contributed by atoms with van der Waals surface area (Å²) in [5, 5.41) is 12.7. The number of halogens is 1. The Kier molecular flexibility index (Phi) is 6.98. The minimum atomic E-state index is -0.637. The predicted molar refractivity (Wildman–Crippen MR) is 138 cm³/mol. The van der Waals surface area contributed by atoms with Crippen LogP contribution in [-0.2, 0) is 0 Å². The van der Waals surface area contributed by atoms with E-state index in [-0.39, 0.29) is 23.6 Å². The van der Waals surface area contributed by atoms with E-state index in [4.69, 9.17) is 0 Å². The Balaban J connectivity index is 1.27. The van der Waals surface area contributed by atoms with Gasteiger partial charge in [-0.05, 0) is 72.3 Å². The maximum atomic E-state index is 13.6. The third-order valence-electron chi connectivity index (χ3n) is 7.90. The molecule has 1 amide bonds. The zero-order valence-electron chi connectivity index (χ0n) is 20.0. The van der Waals surface area contributed by atoms with E-state index in [1.165, 1.54) is 5.56 Å². The molecule has 2 heterocycles. The molecule has 2 aliphatic rings. The lowest BCUT2D eigenvalue weighted by atomic mass is 9.87. The number of fused-ring (bicyclic) bond motifs is 1. The molecule has 3 aromatic carbocycles. The van der Waals surface area contributed by atoms with Crippen LogP contribution in [0.15, 0.2) is 79.4 Å². The minimum absolute atomic E-state index is 0.0266. The summed E-state index contributed by atoms with van der Waals surface area (Å²) in [6, 6.07) is 20.7. The summed E-state index contributed by atoms with van der Waals surface area (Å²) in [6.07, 6.45) is 3.03. The predicted octanol–water partition coefficient (Wildman–Crippen LogP) is 5.09. The fraction of sp³-hybridized carbons (Fsp3) is 0.367. The second-order valence-corrected chi connectivity index (χ2v) is 10.0. The molecule has 3 aromatic rings. The normalized spacial score (nSPS) is 22.4. The molecule has 2 fully saturated rings. The van der Waals surface area contributed by atoms with Crippen molar-refractivity contribution in [3.63, 3.8) is 0 Å². The van der Waals surface area contributed by atoms with Crippen LogP contribution >= 0.6 is 0 Å². The van der Waals surface area contributed by atoms with Gasteiger partial charge in [-0.3, -0.25) is 4.79 Å². The summed E-state index contributed by atoms with van der Waals surface area (Å²) in [5.41, 5.74) is 1.93. The van der Waals surface area contributed by atoms with Gasteiger partial charge in [0.15, 0.2) is 0 Å². The Bertz CT molecular complexity index is 1180. The number of piperidine rings is 1. The molecule has 182 valence electrons. The Labute approximate surface area is 206 Å². The molecule has 5 rings (SSSR count). The highest BCUT2D eigenvalue weighted by Gasteiger charge is 2.40. The monoisotopic (exact) mass is 472 g/mol. The van der Waals surface area contributed by atoms with Crippen molar-refractivity contribution < 1.29 is 14.3 Å². The molecule has 5 heteroatoms. The first kappa shape index (κ1) is 23.7. The number of likely N-dealkylation sites (tertiary alicyclic amines) is 2. The van der Waals surface area contributed by atoms with Gasteiger partial charge in [0.25, 0.3) is 5.91 Å². The molecule has 0 radical (unpaired) electrons. The summed E-state index contributed by atoms with van der Waals surface area (Å²) >= 11 is 0. The van der Waals surface area contributed by atoms with Crippen molar-refractivity contribution in [2.45, 2.75) is 24.9 Å². The van der Waals surface area contributed by atoms with E-state index >= 15 is 0 Å². The van der Waals surface area contributed by atoms with Crippen LogP contribution in [-0.4, -0.2) is 59.6 Å². The summed E-state index contributed by atoms with van der Waals surface area (Å²) < 4.78 is 13.3. The number of amides is 1. The third-order valence-corrected chi connectivity index (χ3v) is 7.90. The zero-order chi connectivity index (χ0) is 24.4. The lowest BCUT2D eigenvalue weighted by molar-refractivity contribution is 0.0773. The fourth-order valence-electron chi connectivity index (χ4n) is 5.91. The zero-order valence-corrected chi connectivity index (χ0v) is 20.0.